The average molecular weight is 514 g/mol. The number of halogens is 2. The van der Waals surface area contributed by atoms with Gasteiger partial charge in [0.25, 0.3) is 5.91 Å². The molecule has 2 aliphatic rings. The summed E-state index contributed by atoms with van der Waals surface area (Å²) in [5.41, 5.74) is 1.53. The fraction of sp³-hybridized carbons (Fsp3) is 0.440. The summed E-state index contributed by atoms with van der Waals surface area (Å²) in [6.45, 7) is 7.26. The molecule has 0 spiro atoms. The SMILES string of the molecule is COc1cc(C(=O)N2CC3CN(C)CC3C2)c(F)cc1Nc1ncc(Cl)c(-c2cnn(C(C)C)c2)n1. The number of rotatable bonds is 6. The van der Waals surface area contributed by atoms with Crippen LogP contribution in [0.3, 0.4) is 0 Å². The molecule has 2 aromatic heterocycles. The van der Waals surface area contributed by atoms with Crippen molar-refractivity contribution < 1.29 is 13.9 Å². The van der Waals surface area contributed by atoms with Crippen LogP contribution in [0, 0.1) is 17.7 Å². The number of carbonyl (C=O) groups is 1. The van der Waals surface area contributed by atoms with E-state index in [1.54, 1.807) is 15.8 Å². The summed E-state index contributed by atoms with van der Waals surface area (Å²) >= 11 is 6.35. The van der Waals surface area contributed by atoms with Gasteiger partial charge in [0.15, 0.2) is 0 Å². The second-order valence-corrected chi connectivity index (χ2v) is 10.2. The van der Waals surface area contributed by atoms with Crippen molar-refractivity contribution in [3.63, 3.8) is 0 Å². The minimum absolute atomic E-state index is 0.00968. The van der Waals surface area contributed by atoms with E-state index in [9.17, 15) is 4.79 Å². The van der Waals surface area contributed by atoms with Crippen molar-refractivity contribution in [1.29, 1.82) is 0 Å². The molecule has 1 aromatic carbocycles. The smallest absolute Gasteiger partial charge is 0.256 e. The Kier molecular flexibility index (Phi) is 6.57. The van der Waals surface area contributed by atoms with Crippen molar-refractivity contribution >= 4 is 29.1 Å². The minimum Gasteiger partial charge on any atom is -0.495 e. The Balaban J connectivity index is 1.38. The first-order valence-corrected chi connectivity index (χ1v) is 12.3. The molecule has 0 aliphatic carbocycles. The Morgan fingerprint density at radius 3 is 2.56 bits per heavy atom. The number of likely N-dealkylation sites (tertiary alicyclic amines) is 2. The van der Waals surface area contributed by atoms with Crippen molar-refractivity contribution in [2.24, 2.45) is 11.8 Å². The van der Waals surface area contributed by atoms with Crippen LogP contribution in [-0.4, -0.2) is 75.8 Å². The summed E-state index contributed by atoms with van der Waals surface area (Å²) in [6, 6.07) is 2.86. The molecule has 0 radical (unpaired) electrons. The van der Waals surface area contributed by atoms with Crippen molar-refractivity contribution in [3.05, 3.63) is 47.1 Å². The predicted octanol–water partition coefficient (Wildman–Crippen LogP) is 4.10. The highest BCUT2D eigenvalue weighted by atomic mass is 35.5. The standard InChI is InChI=1S/C25H29ClFN7O2/c1-14(2)34-13-15(7-29-34)23-19(26)8-28-25(31-23)30-21-6-20(27)18(5-22(21)36-4)24(35)33-11-16-9-32(3)10-17(16)12-33/h5-8,13-14,16-17H,9-12H2,1-4H3,(H,28,30,31). The summed E-state index contributed by atoms with van der Waals surface area (Å²) < 4.78 is 22.5. The molecule has 0 bridgehead atoms. The topological polar surface area (TPSA) is 88.4 Å². The van der Waals surface area contributed by atoms with Crippen LogP contribution in [-0.2, 0) is 0 Å². The number of methoxy groups -OCH3 is 1. The van der Waals surface area contributed by atoms with E-state index in [4.69, 9.17) is 16.3 Å². The number of ether oxygens (including phenoxy) is 1. The molecule has 3 aromatic rings. The van der Waals surface area contributed by atoms with E-state index in [-0.39, 0.29) is 23.5 Å². The maximum atomic E-state index is 15.2. The lowest BCUT2D eigenvalue weighted by atomic mass is 10.0. The number of amides is 1. The van der Waals surface area contributed by atoms with Crippen LogP contribution in [0.2, 0.25) is 5.02 Å². The summed E-state index contributed by atoms with van der Waals surface area (Å²) in [6.07, 6.45) is 5.01. The predicted molar refractivity (Wildman–Crippen MR) is 135 cm³/mol. The maximum Gasteiger partial charge on any atom is 0.256 e. The molecule has 1 amide bonds. The van der Waals surface area contributed by atoms with E-state index in [0.717, 1.165) is 18.7 Å². The molecule has 11 heteroatoms. The van der Waals surface area contributed by atoms with Crippen molar-refractivity contribution in [2.45, 2.75) is 19.9 Å². The number of carbonyl (C=O) groups excluding carboxylic acids is 1. The first-order chi connectivity index (χ1) is 17.2. The van der Waals surface area contributed by atoms with Crippen LogP contribution < -0.4 is 10.1 Å². The number of nitrogens with zero attached hydrogens (tertiary/aromatic N) is 6. The molecule has 36 heavy (non-hydrogen) atoms. The summed E-state index contributed by atoms with van der Waals surface area (Å²) in [4.78, 5) is 25.9. The lowest BCUT2D eigenvalue weighted by Crippen LogP contribution is -2.32. The molecule has 2 unspecified atom stereocenters. The van der Waals surface area contributed by atoms with Crippen LogP contribution >= 0.6 is 11.6 Å². The van der Waals surface area contributed by atoms with Gasteiger partial charge in [0.2, 0.25) is 5.95 Å². The van der Waals surface area contributed by atoms with E-state index in [1.165, 1.54) is 25.4 Å². The molecule has 2 atom stereocenters. The molecule has 4 heterocycles. The average Bonchev–Trinajstić information content (AvgIpc) is 3.55. The third-order valence-corrected chi connectivity index (χ3v) is 7.15. The zero-order chi connectivity index (χ0) is 25.6. The molecule has 0 saturated carbocycles. The molecule has 1 N–H and O–H groups in total. The maximum absolute atomic E-state index is 15.2. The largest absolute Gasteiger partial charge is 0.495 e. The fourth-order valence-corrected chi connectivity index (χ4v) is 5.24. The second-order valence-electron chi connectivity index (χ2n) is 9.80. The third kappa shape index (κ3) is 4.62. The Hall–Kier alpha value is -3.24. The lowest BCUT2D eigenvalue weighted by Gasteiger charge is -2.20. The Morgan fingerprint density at radius 1 is 1.19 bits per heavy atom. The number of nitrogens with one attached hydrogen (secondary N) is 1. The number of hydrogen-bond acceptors (Lipinski definition) is 7. The molecular weight excluding hydrogens is 485 g/mol. The van der Waals surface area contributed by atoms with Crippen LogP contribution in [0.1, 0.15) is 30.2 Å². The van der Waals surface area contributed by atoms with Gasteiger partial charge < -0.3 is 19.9 Å². The minimum atomic E-state index is -0.634. The van der Waals surface area contributed by atoms with Gasteiger partial charge >= 0.3 is 0 Å². The molecule has 5 rings (SSSR count). The first-order valence-electron chi connectivity index (χ1n) is 11.9. The second kappa shape index (κ2) is 9.67. The number of benzene rings is 1. The molecule has 190 valence electrons. The first kappa shape index (κ1) is 24.5. The van der Waals surface area contributed by atoms with Gasteiger partial charge in [0.1, 0.15) is 11.6 Å². The zero-order valence-corrected chi connectivity index (χ0v) is 21.5. The molecule has 9 nitrogen and oxygen atoms in total. The van der Waals surface area contributed by atoms with Crippen LogP contribution in [0.5, 0.6) is 5.75 Å². The van der Waals surface area contributed by atoms with Gasteiger partial charge in [-0.05, 0) is 38.8 Å². The highest BCUT2D eigenvalue weighted by Gasteiger charge is 2.41. The normalized spacial score (nSPS) is 19.7. The van der Waals surface area contributed by atoms with Crippen molar-refractivity contribution in [2.75, 3.05) is 45.7 Å². The van der Waals surface area contributed by atoms with E-state index in [1.807, 2.05) is 20.0 Å². The number of hydrogen-bond donors (Lipinski definition) is 1. The lowest BCUT2D eigenvalue weighted by molar-refractivity contribution is 0.0771. The zero-order valence-electron chi connectivity index (χ0n) is 20.7. The van der Waals surface area contributed by atoms with Gasteiger partial charge in [-0.25, -0.2) is 14.4 Å². The Labute approximate surface area is 214 Å². The Bertz CT molecular complexity index is 1280. The van der Waals surface area contributed by atoms with Crippen molar-refractivity contribution in [3.8, 4) is 17.0 Å². The summed E-state index contributed by atoms with van der Waals surface area (Å²) in [5.74, 6) is 0.445. The molecular formula is C25H29ClFN7O2. The molecule has 2 fully saturated rings. The highest BCUT2D eigenvalue weighted by Crippen LogP contribution is 2.35. The van der Waals surface area contributed by atoms with E-state index < -0.39 is 5.82 Å². The van der Waals surface area contributed by atoms with E-state index in [2.05, 4.69) is 32.3 Å². The number of anilines is 2. The summed E-state index contributed by atoms with van der Waals surface area (Å²) in [5, 5.41) is 7.70. The third-order valence-electron chi connectivity index (χ3n) is 6.87. The summed E-state index contributed by atoms with van der Waals surface area (Å²) in [7, 11) is 3.56. The van der Waals surface area contributed by atoms with Gasteiger partial charge in [-0.1, -0.05) is 11.6 Å². The van der Waals surface area contributed by atoms with Crippen molar-refractivity contribution in [1.82, 2.24) is 29.5 Å². The van der Waals surface area contributed by atoms with Gasteiger partial charge in [0.05, 0.1) is 41.5 Å². The van der Waals surface area contributed by atoms with Crippen LogP contribution in [0.4, 0.5) is 16.0 Å². The number of aromatic nitrogens is 4. The number of fused-ring (bicyclic) bond motifs is 1. The van der Waals surface area contributed by atoms with Crippen LogP contribution in [0.15, 0.2) is 30.7 Å². The van der Waals surface area contributed by atoms with Gasteiger partial charge in [-0.2, -0.15) is 5.10 Å². The van der Waals surface area contributed by atoms with E-state index in [0.29, 0.717) is 47.1 Å². The molecule has 2 aliphatic heterocycles. The Morgan fingerprint density at radius 2 is 1.92 bits per heavy atom. The van der Waals surface area contributed by atoms with Gasteiger partial charge in [-0.3, -0.25) is 9.48 Å². The quantitative estimate of drug-likeness (QED) is 0.531. The van der Waals surface area contributed by atoms with Gasteiger partial charge in [0, 0.05) is 50.0 Å². The molecule has 2 saturated heterocycles. The van der Waals surface area contributed by atoms with Crippen LogP contribution in [0.25, 0.3) is 11.3 Å². The monoisotopic (exact) mass is 513 g/mol. The fourth-order valence-electron chi connectivity index (χ4n) is 5.04. The van der Waals surface area contributed by atoms with Gasteiger partial charge in [-0.15, -0.1) is 0 Å². The van der Waals surface area contributed by atoms with E-state index >= 15 is 4.39 Å². The highest BCUT2D eigenvalue weighted by molar-refractivity contribution is 6.32.